The second-order valence-electron chi connectivity index (χ2n) is 16.8. The normalized spacial score (nSPS) is 18.5. The Kier molecular flexibility index (Phi) is 7.51. The lowest BCUT2D eigenvalue weighted by Gasteiger charge is -2.30. The van der Waals surface area contributed by atoms with E-state index in [9.17, 15) is 0 Å². The summed E-state index contributed by atoms with van der Waals surface area (Å²) in [5, 5.41) is 0. The first-order valence-electron chi connectivity index (χ1n) is 17.7. The van der Waals surface area contributed by atoms with Crippen molar-refractivity contribution in [1.29, 1.82) is 0 Å². The van der Waals surface area contributed by atoms with Crippen LogP contribution in [0.3, 0.4) is 0 Å². The van der Waals surface area contributed by atoms with Gasteiger partial charge in [-0.3, -0.25) is 0 Å². The Labute approximate surface area is 283 Å². The topological polar surface area (TPSA) is 9.23 Å². The molecule has 0 aliphatic heterocycles. The molecule has 0 aromatic heterocycles. The Morgan fingerprint density at radius 3 is 1.74 bits per heavy atom. The van der Waals surface area contributed by atoms with Crippen molar-refractivity contribution in [3.05, 3.63) is 121 Å². The Morgan fingerprint density at radius 2 is 1.19 bits per heavy atom. The van der Waals surface area contributed by atoms with Crippen LogP contribution in [0.4, 0.5) is 0 Å². The number of ether oxygens (including phenoxy) is 1. The molecule has 1 heteroatoms. The van der Waals surface area contributed by atoms with Crippen LogP contribution in [-0.4, -0.2) is 7.11 Å². The molecule has 4 aromatic carbocycles. The van der Waals surface area contributed by atoms with Crippen LogP contribution in [0, 0.1) is 13.8 Å². The maximum atomic E-state index is 6.34. The summed E-state index contributed by atoms with van der Waals surface area (Å²) in [6.45, 7) is 23.0. The minimum Gasteiger partial charge on any atom is -0.496 e. The third kappa shape index (κ3) is 5.22. The van der Waals surface area contributed by atoms with Gasteiger partial charge in [0.25, 0.3) is 0 Å². The Balaban J connectivity index is 1.45. The van der Waals surface area contributed by atoms with Crippen molar-refractivity contribution in [2.75, 3.05) is 7.11 Å². The fourth-order valence-corrected chi connectivity index (χ4v) is 8.96. The first kappa shape index (κ1) is 31.7. The maximum absolute atomic E-state index is 6.34. The highest BCUT2D eigenvalue weighted by Gasteiger charge is 2.40. The van der Waals surface area contributed by atoms with Crippen molar-refractivity contribution in [3.8, 4) is 28.0 Å². The molecule has 2 atom stereocenters. The van der Waals surface area contributed by atoms with Crippen LogP contribution in [0.2, 0.25) is 0 Å². The van der Waals surface area contributed by atoms with E-state index in [1.807, 2.05) is 7.11 Å². The molecule has 0 fully saturated rings. The van der Waals surface area contributed by atoms with Gasteiger partial charge in [-0.1, -0.05) is 131 Å². The number of fused-ring (bicyclic) bond motifs is 3. The van der Waals surface area contributed by atoms with E-state index in [4.69, 9.17) is 4.74 Å². The second-order valence-corrected chi connectivity index (χ2v) is 16.8. The molecule has 0 spiro atoms. The smallest absolute Gasteiger partial charge is 0.131 e. The number of benzene rings is 4. The molecule has 0 saturated carbocycles. The highest BCUT2D eigenvalue weighted by atomic mass is 16.5. The zero-order chi connectivity index (χ0) is 33.6. The molecule has 2 unspecified atom stereocenters. The summed E-state index contributed by atoms with van der Waals surface area (Å²) in [6, 6.07) is 21.5. The van der Waals surface area contributed by atoms with E-state index < -0.39 is 0 Å². The van der Waals surface area contributed by atoms with Gasteiger partial charge in [0.2, 0.25) is 0 Å². The Morgan fingerprint density at radius 1 is 0.617 bits per heavy atom. The second kappa shape index (κ2) is 11.1. The summed E-state index contributed by atoms with van der Waals surface area (Å²) in [7, 11) is 1.85. The van der Waals surface area contributed by atoms with Crippen molar-refractivity contribution in [2.45, 2.75) is 111 Å². The van der Waals surface area contributed by atoms with E-state index in [0.29, 0.717) is 5.92 Å². The molecule has 242 valence electrons. The van der Waals surface area contributed by atoms with Crippen LogP contribution in [0.25, 0.3) is 34.4 Å². The molecule has 3 aliphatic rings. The summed E-state index contributed by atoms with van der Waals surface area (Å²) >= 11 is 0. The van der Waals surface area contributed by atoms with Crippen LogP contribution in [0.5, 0.6) is 5.75 Å². The summed E-state index contributed by atoms with van der Waals surface area (Å²) < 4.78 is 6.34. The number of methoxy groups -OCH3 is 1. The number of allylic oxidation sites excluding steroid dienone is 2. The predicted octanol–water partition coefficient (Wildman–Crippen LogP) is 12.4. The highest BCUT2D eigenvalue weighted by molar-refractivity contribution is 5.90. The number of hydrogen-bond acceptors (Lipinski definition) is 1. The van der Waals surface area contributed by atoms with E-state index in [1.165, 1.54) is 97.2 Å². The van der Waals surface area contributed by atoms with Crippen molar-refractivity contribution < 1.29 is 4.74 Å². The van der Waals surface area contributed by atoms with E-state index in [0.717, 1.165) is 5.75 Å². The van der Waals surface area contributed by atoms with Crippen LogP contribution < -0.4 is 4.74 Å². The average molecular weight is 621 g/mol. The minimum atomic E-state index is -0.0687. The fourth-order valence-electron chi connectivity index (χ4n) is 8.96. The third-order valence-corrected chi connectivity index (χ3v) is 11.1. The summed E-state index contributed by atoms with van der Waals surface area (Å²) in [5.41, 5.74) is 22.5. The lowest BCUT2D eigenvalue weighted by molar-refractivity contribution is 0.399. The van der Waals surface area contributed by atoms with Gasteiger partial charge in [0.1, 0.15) is 5.75 Å². The van der Waals surface area contributed by atoms with Gasteiger partial charge in [0, 0.05) is 23.0 Å². The van der Waals surface area contributed by atoms with Crippen molar-refractivity contribution in [1.82, 2.24) is 0 Å². The summed E-state index contributed by atoms with van der Waals surface area (Å²) in [5.74, 6) is 1.62. The molecule has 47 heavy (non-hydrogen) atoms. The van der Waals surface area contributed by atoms with Crippen molar-refractivity contribution >= 4 is 12.2 Å². The van der Waals surface area contributed by atoms with Gasteiger partial charge in [0.05, 0.1) is 7.11 Å². The molecule has 0 amide bonds. The van der Waals surface area contributed by atoms with Gasteiger partial charge in [-0.2, -0.15) is 0 Å². The molecular formula is C46H52O. The SMILES string of the molecule is COc1c(C(C)(C)C)cc2c(c1-c1cc(C)cc(C)c1)C=C(C)C2C1C(C)=Cc2c1cc1c(c2-c2ccc(C(C)(C)C)cc2)CCC1. The molecule has 0 radical (unpaired) electrons. The van der Waals surface area contributed by atoms with Gasteiger partial charge >= 0.3 is 0 Å². The Hall–Kier alpha value is -3.84. The summed E-state index contributed by atoms with van der Waals surface area (Å²) in [6.07, 6.45) is 8.62. The zero-order valence-corrected chi connectivity index (χ0v) is 30.5. The largest absolute Gasteiger partial charge is 0.496 e. The average Bonchev–Trinajstić information content (AvgIpc) is 3.67. The fraction of sp³-hybridized carbons (Fsp3) is 0.391. The molecule has 1 nitrogen and oxygen atoms in total. The monoisotopic (exact) mass is 620 g/mol. The number of aryl methyl sites for hydroxylation is 3. The standard InChI is InChI=1S/C46H52O/c1-26-19-27(2)21-32(20-26)43-36-23-29(4)41(38(36)25-39(44(43)47-11)46(8,9)10)40-28(3)22-35-37(40)24-31-13-12-14-34(31)42(35)30-15-17-33(18-16-30)45(5,6)7/h15-25,40-41H,12-14H2,1-11H3. The van der Waals surface area contributed by atoms with Crippen LogP contribution >= 0.6 is 0 Å². The molecule has 0 heterocycles. The lowest BCUT2D eigenvalue weighted by Crippen LogP contribution is -2.17. The third-order valence-electron chi connectivity index (χ3n) is 11.1. The highest BCUT2D eigenvalue weighted by Crippen LogP contribution is 2.58. The molecule has 0 bridgehead atoms. The van der Waals surface area contributed by atoms with E-state index in [-0.39, 0.29) is 16.7 Å². The van der Waals surface area contributed by atoms with E-state index >= 15 is 0 Å². The molecule has 3 aliphatic carbocycles. The molecule has 7 rings (SSSR count). The zero-order valence-electron chi connectivity index (χ0n) is 30.5. The quantitative estimate of drug-likeness (QED) is 0.221. The molecule has 0 saturated heterocycles. The summed E-state index contributed by atoms with van der Waals surface area (Å²) in [4.78, 5) is 0. The van der Waals surface area contributed by atoms with Gasteiger partial charge in [-0.05, 0) is 113 Å². The van der Waals surface area contributed by atoms with Crippen LogP contribution in [0.15, 0.2) is 65.7 Å². The number of rotatable bonds is 4. The van der Waals surface area contributed by atoms with E-state index in [2.05, 4.69) is 136 Å². The van der Waals surface area contributed by atoms with Gasteiger partial charge in [0.15, 0.2) is 0 Å². The predicted molar refractivity (Wildman–Crippen MR) is 202 cm³/mol. The number of hydrogen-bond donors (Lipinski definition) is 0. The van der Waals surface area contributed by atoms with Gasteiger partial charge < -0.3 is 4.74 Å². The first-order chi connectivity index (χ1) is 22.2. The van der Waals surface area contributed by atoms with Crippen LogP contribution in [0.1, 0.15) is 129 Å². The first-order valence-corrected chi connectivity index (χ1v) is 17.7. The Bertz CT molecular complexity index is 1960. The van der Waals surface area contributed by atoms with Gasteiger partial charge in [-0.25, -0.2) is 0 Å². The maximum Gasteiger partial charge on any atom is 0.131 e. The minimum absolute atomic E-state index is 0.0687. The van der Waals surface area contributed by atoms with Crippen molar-refractivity contribution in [2.24, 2.45) is 0 Å². The van der Waals surface area contributed by atoms with Gasteiger partial charge in [-0.15, -0.1) is 0 Å². The van der Waals surface area contributed by atoms with E-state index in [1.54, 1.807) is 11.1 Å². The van der Waals surface area contributed by atoms with Crippen molar-refractivity contribution in [3.63, 3.8) is 0 Å². The van der Waals surface area contributed by atoms with Crippen LogP contribution in [-0.2, 0) is 23.7 Å². The molecule has 0 N–H and O–H groups in total. The lowest BCUT2D eigenvalue weighted by atomic mass is 9.74. The molecule has 4 aromatic rings. The molecular weight excluding hydrogens is 569 g/mol.